The van der Waals surface area contributed by atoms with Crippen molar-refractivity contribution in [3.05, 3.63) is 69.4 Å². The summed E-state index contributed by atoms with van der Waals surface area (Å²) >= 11 is 3.20. The predicted molar refractivity (Wildman–Crippen MR) is 80.7 cm³/mol. The SMILES string of the molecule is Cc1ccccc1CCNCc1ccc(F)c(Br)c1. The average Bonchev–Trinajstić information content (AvgIpc) is 2.40. The lowest BCUT2D eigenvalue weighted by atomic mass is 10.1. The van der Waals surface area contributed by atoms with Gasteiger partial charge in [-0.2, -0.15) is 0 Å². The monoisotopic (exact) mass is 321 g/mol. The Hall–Kier alpha value is -1.19. The third-order valence-corrected chi connectivity index (χ3v) is 3.75. The summed E-state index contributed by atoms with van der Waals surface area (Å²) in [6.07, 6.45) is 1.01. The molecule has 0 saturated heterocycles. The van der Waals surface area contributed by atoms with E-state index in [0.29, 0.717) is 4.47 Å². The van der Waals surface area contributed by atoms with Gasteiger partial charge in [0.1, 0.15) is 5.82 Å². The van der Waals surface area contributed by atoms with Gasteiger partial charge in [0.25, 0.3) is 0 Å². The minimum atomic E-state index is -0.219. The van der Waals surface area contributed by atoms with E-state index in [9.17, 15) is 4.39 Å². The number of benzene rings is 2. The Balaban J connectivity index is 1.81. The highest BCUT2D eigenvalue weighted by Crippen LogP contribution is 2.16. The minimum Gasteiger partial charge on any atom is -0.312 e. The summed E-state index contributed by atoms with van der Waals surface area (Å²) in [7, 11) is 0. The molecular weight excluding hydrogens is 305 g/mol. The number of nitrogens with one attached hydrogen (secondary N) is 1. The van der Waals surface area contributed by atoms with E-state index in [1.54, 1.807) is 6.07 Å². The van der Waals surface area contributed by atoms with Crippen molar-refractivity contribution in [3.8, 4) is 0 Å². The number of aryl methyl sites for hydroxylation is 1. The molecule has 2 aromatic rings. The van der Waals surface area contributed by atoms with Crippen LogP contribution in [-0.2, 0) is 13.0 Å². The summed E-state index contributed by atoms with van der Waals surface area (Å²) in [5.74, 6) is -0.219. The largest absolute Gasteiger partial charge is 0.312 e. The molecule has 0 spiro atoms. The van der Waals surface area contributed by atoms with E-state index >= 15 is 0 Å². The molecule has 0 atom stereocenters. The lowest BCUT2D eigenvalue weighted by Gasteiger charge is -2.08. The number of rotatable bonds is 5. The summed E-state index contributed by atoms with van der Waals surface area (Å²) in [6, 6.07) is 13.5. The maximum atomic E-state index is 13.1. The van der Waals surface area contributed by atoms with Gasteiger partial charge >= 0.3 is 0 Å². The third kappa shape index (κ3) is 4.15. The molecule has 0 aliphatic carbocycles. The fourth-order valence-corrected chi connectivity index (χ4v) is 2.42. The molecule has 0 amide bonds. The molecule has 2 aromatic carbocycles. The van der Waals surface area contributed by atoms with Crippen molar-refractivity contribution in [2.24, 2.45) is 0 Å². The molecular formula is C16H17BrFN. The molecule has 0 aliphatic rings. The quantitative estimate of drug-likeness (QED) is 0.813. The molecule has 0 aliphatic heterocycles. The van der Waals surface area contributed by atoms with Crippen molar-refractivity contribution in [2.75, 3.05) is 6.54 Å². The molecule has 0 fully saturated rings. The van der Waals surface area contributed by atoms with Crippen LogP contribution in [0, 0.1) is 12.7 Å². The summed E-state index contributed by atoms with van der Waals surface area (Å²) in [6.45, 7) is 3.80. The molecule has 0 unspecified atom stereocenters. The van der Waals surface area contributed by atoms with E-state index in [0.717, 1.165) is 25.1 Å². The van der Waals surface area contributed by atoms with E-state index in [-0.39, 0.29) is 5.82 Å². The minimum absolute atomic E-state index is 0.219. The first kappa shape index (κ1) is 14.2. The molecule has 0 heterocycles. The molecule has 1 N–H and O–H groups in total. The summed E-state index contributed by atoms with van der Waals surface area (Å²) in [5, 5.41) is 3.38. The maximum absolute atomic E-state index is 13.1. The second-order valence-electron chi connectivity index (χ2n) is 4.60. The Morgan fingerprint density at radius 2 is 1.95 bits per heavy atom. The molecule has 3 heteroatoms. The molecule has 0 aromatic heterocycles. The van der Waals surface area contributed by atoms with Crippen molar-refractivity contribution in [3.63, 3.8) is 0 Å². The maximum Gasteiger partial charge on any atom is 0.137 e. The Labute approximate surface area is 122 Å². The zero-order valence-corrected chi connectivity index (χ0v) is 12.5. The van der Waals surface area contributed by atoms with Gasteiger partial charge in [-0.1, -0.05) is 30.3 Å². The first-order valence-corrected chi connectivity index (χ1v) is 7.15. The second-order valence-corrected chi connectivity index (χ2v) is 5.46. The van der Waals surface area contributed by atoms with Crippen LogP contribution in [-0.4, -0.2) is 6.54 Å². The van der Waals surface area contributed by atoms with E-state index in [1.165, 1.54) is 17.2 Å². The van der Waals surface area contributed by atoms with Crippen LogP contribution in [0.1, 0.15) is 16.7 Å². The Morgan fingerprint density at radius 1 is 1.16 bits per heavy atom. The average molecular weight is 322 g/mol. The van der Waals surface area contributed by atoms with Gasteiger partial charge in [-0.3, -0.25) is 0 Å². The summed E-state index contributed by atoms with van der Waals surface area (Å²) in [5.41, 5.74) is 3.78. The van der Waals surface area contributed by atoms with E-state index < -0.39 is 0 Å². The first-order chi connectivity index (χ1) is 9.16. The van der Waals surface area contributed by atoms with Gasteiger partial charge in [0.15, 0.2) is 0 Å². The lowest BCUT2D eigenvalue weighted by Crippen LogP contribution is -2.17. The van der Waals surface area contributed by atoms with Gasteiger partial charge < -0.3 is 5.32 Å². The van der Waals surface area contributed by atoms with E-state index in [1.807, 2.05) is 6.07 Å². The van der Waals surface area contributed by atoms with Gasteiger partial charge in [0.2, 0.25) is 0 Å². The molecule has 19 heavy (non-hydrogen) atoms. The van der Waals surface area contributed by atoms with Crippen LogP contribution in [0.4, 0.5) is 4.39 Å². The standard InChI is InChI=1S/C16H17BrFN/c1-12-4-2-3-5-14(12)8-9-19-11-13-6-7-16(18)15(17)10-13/h2-7,10,19H,8-9,11H2,1H3. The van der Waals surface area contributed by atoms with E-state index in [2.05, 4.69) is 52.4 Å². The highest BCUT2D eigenvalue weighted by molar-refractivity contribution is 9.10. The van der Waals surface area contributed by atoms with Crippen LogP contribution in [0.15, 0.2) is 46.9 Å². The normalized spacial score (nSPS) is 10.7. The third-order valence-electron chi connectivity index (χ3n) is 3.15. The predicted octanol–water partition coefficient (Wildman–Crippen LogP) is 4.23. The Bertz CT molecular complexity index is 554. The van der Waals surface area contributed by atoms with Crippen molar-refractivity contribution >= 4 is 15.9 Å². The van der Waals surface area contributed by atoms with Crippen molar-refractivity contribution in [1.82, 2.24) is 5.32 Å². The number of halogens is 2. The van der Waals surface area contributed by atoms with Crippen LogP contribution < -0.4 is 5.32 Å². The van der Waals surface area contributed by atoms with Gasteiger partial charge in [-0.25, -0.2) is 4.39 Å². The summed E-state index contributed by atoms with van der Waals surface area (Å²) in [4.78, 5) is 0. The molecule has 2 rings (SSSR count). The molecule has 0 radical (unpaired) electrons. The number of hydrogen-bond acceptors (Lipinski definition) is 1. The highest BCUT2D eigenvalue weighted by atomic mass is 79.9. The van der Waals surface area contributed by atoms with Crippen LogP contribution in [0.25, 0.3) is 0 Å². The highest BCUT2D eigenvalue weighted by Gasteiger charge is 2.01. The molecule has 0 saturated carbocycles. The molecule has 100 valence electrons. The molecule has 1 nitrogen and oxygen atoms in total. The van der Waals surface area contributed by atoms with Crippen molar-refractivity contribution in [1.29, 1.82) is 0 Å². The van der Waals surface area contributed by atoms with Gasteiger partial charge in [-0.05, 0) is 64.6 Å². The Morgan fingerprint density at radius 3 is 2.68 bits per heavy atom. The van der Waals surface area contributed by atoms with Crippen LogP contribution in [0.3, 0.4) is 0 Å². The van der Waals surface area contributed by atoms with Crippen LogP contribution in [0.5, 0.6) is 0 Å². The van der Waals surface area contributed by atoms with Gasteiger partial charge in [0, 0.05) is 6.54 Å². The zero-order valence-electron chi connectivity index (χ0n) is 10.9. The van der Waals surface area contributed by atoms with Crippen molar-refractivity contribution in [2.45, 2.75) is 19.9 Å². The fourth-order valence-electron chi connectivity index (χ4n) is 2.00. The fraction of sp³-hybridized carbons (Fsp3) is 0.250. The Kier molecular flexibility index (Phi) is 5.11. The lowest BCUT2D eigenvalue weighted by molar-refractivity contribution is 0.618. The number of hydrogen-bond donors (Lipinski definition) is 1. The first-order valence-electron chi connectivity index (χ1n) is 6.36. The van der Waals surface area contributed by atoms with Gasteiger partial charge in [-0.15, -0.1) is 0 Å². The van der Waals surface area contributed by atoms with Crippen LogP contribution >= 0.6 is 15.9 Å². The van der Waals surface area contributed by atoms with Crippen molar-refractivity contribution < 1.29 is 4.39 Å². The topological polar surface area (TPSA) is 12.0 Å². The van der Waals surface area contributed by atoms with E-state index in [4.69, 9.17) is 0 Å². The molecule has 0 bridgehead atoms. The summed E-state index contributed by atoms with van der Waals surface area (Å²) < 4.78 is 13.6. The van der Waals surface area contributed by atoms with Gasteiger partial charge in [0.05, 0.1) is 4.47 Å². The zero-order chi connectivity index (χ0) is 13.7. The smallest absolute Gasteiger partial charge is 0.137 e. The van der Waals surface area contributed by atoms with Crippen LogP contribution in [0.2, 0.25) is 0 Å². The second kappa shape index (κ2) is 6.83.